The SMILES string of the molecule is CCCC(NC(=O)C1(CC(C)C)CCC1)C(=O)O. The number of carbonyl (C=O) groups is 2. The molecule has 2 N–H and O–H groups in total. The summed E-state index contributed by atoms with van der Waals surface area (Å²) in [5.74, 6) is -0.516. The number of carbonyl (C=O) groups excluding carboxylic acids is 1. The highest BCUT2D eigenvalue weighted by Gasteiger charge is 2.45. The maximum absolute atomic E-state index is 12.3. The van der Waals surface area contributed by atoms with Crippen molar-refractivity contribution in [2.75, 3.05) is 0 Å². The second kappa shape index (κ2) is 6.21. The second-order valence-electron chi connectivity index (χ2n) is 5.88. The van der Waals surface area contributed by atoms with Gasteiger partial charge in [-0.3, -0.25) is 4.79 Å². The number of carboxylic acids is 1. The minimum Gasteiger partial charge on any atom is -0.480 e. The van der Waals surface area contributed by atoms with E-state index in [1.165, 1.54) is 0 Å². The number of rotatable bonds is 7. The van der Waals surface area contributed by atoms with E-state index in [1.807, 2.05) is 6.92 Å². The maximum Gasteiger partial charge on any atom is 0.326 e. The summed E-state index contributed by atoms with van der Waals surface area (Å²) in [6.07, 6.45) is 4.99. The van der Waals surface area contributed by atoms with Crippen molar-refractivity contribution < 1.29 is 14.7 Å². The largest absolute Gasteiger partial charge is 0.480 e. The fraction of sp³-hybridized carbons (Fsp3) is 0.857. The predicted octanol–water partition coefficient (Wildman–Crippen LogP) is 2.57. The summed E-state index contributed by atoms with van der Waals surface area (Å²) in [5.41, 5.74) is -0.296. The van der Waals surface area contributed by atoms with E-state index in [4.69, 9.17) is 5.11 Å². The second-order valence-corrected chi connectivity index (χ2v) is 5.88. The Morgan fingerprint density at radius 3 is 2.28 bits per heavy atom. The standard InChI is InChI=1S/C14H25NO3/c1-4-6-11(12(16)17)15-13(18)14(7-5-8-14)9-10(2)3/h10-11H,4-9H2,1-3H3,(H,15,18)(H,16,17). The maximum atomic E-state index is 12.3. The summed E-state index contributed by atoms with van der Waals surface area (Å²) in [7, 11) is 0. The molecule has 4 heteroatoms. The number of carboxylic acid groups (broad SMARTS) is 1. The Hall–Kier alpha value is -1.06. The molecule has 1 saturated carbocycles. The highest BCUT2D eigenvalue weighted by atomic mass is 16.4. The van der Waals surface area contributed by atoms with E-state index in [0.717, 1.165) is 32.1 Å². The first kappa shape index (κ1) is 15.0. The van der Waals surface area contributed by atoms with Crippen molar-refractivity contribution in [3.8, 4) is 0 Å². The van der Waals surface area contributed by atoms with Crippen LogP contribution >= 0.6 is 0 Å². The average molecular weight is 255 g/mol. The molecular formula is C14H25NO3. The Kier molecular flexibility index (Phi) is 5.17. The van der Waals surface area contributed by atoms with Gasteiger partial charge in [0, 0.05) is 5.41 Å². The topological polar surface area (TPSA) is 66.4 Å². The van der Waals surface area contributed by atoms with E-state index >= 15 is 0 Å². The van der Waals surface area contributed by atoms with Crippen LogP contribution in [-0.4, -0.2) is 23.0 Å². The van der Waals surface area contributed by atoms with Crippen LogP contribution in [-0.2, 0) is 9.59 Å². The molecule has 0 aromatic rings. The van der Waals surface area contributed by atoms with Crippen LogP contribution in [0.3, 0.4) is 0 Å². The van der Waals surface area contributed by atoms with Crippen LogP contribution in [0.4, 0.5) is 0 Å². The van der Waals surface area contributed by atoms with Crippen LogP contribution in [0.1, 0.15) is 59.3 Å². The van der Waals surface area contributed by atoms with Crippen LogP contribution in [0.15, 0.2) is 0 Å². The summed E-state index contributed by atoms with van der Waals surface area (Å²) in [6, 6.07) is -0.730. The van der Waals surface area contributed by atoms with Crippen molar-refractivity contribution in [1.82, 2.24) is 5.32 Å². The third kappa shape index (κ3) is 3.47. The summed E-state index contributed by atoms with van der Waals surface area (Å²) < 4.78 is 0. The third-order valence-corrected chi connectivity index (χ3v) is 3.77. The number of hydrogen-bond donors (Lipinski definition) is 2. The van der Waals surface area contributed by atoms with Crippen LogP contribution in [0.2, 0.25) is 0 Å². The van der Waals surface area contributed by atoms with Crippen LogP contribution < -0.4 is 5.32 Å². The molecule has 1 aliphatic rings. The highest BCUT2D eigenvalue weighted by molar-refractivity contribution is 5.88. The lowest BCUT2D eigenvalue weighted by molar-refractivity contribution is -0.146. The fourth-order valence-corrected chi connectivity index (χ4v) is 2.77. The molecule has 18 heavy (non-hydrogen) atoms. The molecule has 0 spiro atoms. The molecular weight excluding hydrogens is 230 g/mol. The first-order valence-electron chi connectivity index (χ1n) is 6.95. The van der Waals surface area contributed by atoms with Gasteiger partial charge in [-0.15, -0.1) is 0 Å². The molecule has 0 saturated heterocycles. The van der Waals surface area contributed by atoms with E-state index < -0.39 is 12.0 Å². The lowest BCUT2D eigenvalue weighted by atomic mass is 9.64. The zero-order chi connectivity index (χ0) is 13.8. The van der Waals surface area contributed by atoms with Gasteiger partial charge in [-0.2, -0.15) is 0 Å². The number of hydrogen-bond acceptors (Lipinski definition) is 2. The predicted molar refractivity (Wildman–Crippen MR) is 70.2 cm³/mol. The highest BCUT2D eigenvalue weighted by Crippen LogP contribution is 2.46. The van der Waals surface area contributed by atoms with E-state index in [0.29, 0.717) is 12.3 Å². The zero-order valence-electron chi connectivity index (χ0n) is 11.7. The van der Waals surface area contributed by atoms with Crippen molar-refractivity contribution in [1.29, 1.82) is 0 Å². The van der Waals surface area contributed by atoms with Gasteiger partial charge in [-0.1, -0.05) is 33.6 Å². The monoisotopic (exact) mass is 255 g/mol. The van der Waals surface area contributed by atoms with Gasteiger partial charge in [0.05, 0.1) is 0 Å². The molecule has 1 aliphatic carbocycles. The molecule has 1 fully saturated rings. The molecule has 1 rings (SSSR count). The molecule has 0 radical (unpaired) electrons. The van der Waals surface area contributed by atoms with Gasteiger partial charge in [0.15, 0.2) is 0 Å². The van der Waals surface area contributed by atoms with E-state index in [2.05, 4.69) is 19.2 Å². The molecule has 0 aliphatic heterocycles. The Labute approximate surface area is 109 Å². The quantitative estimate of drug-likeness (QED) is 0.734. The third-order valence-electron chi connectivity index (χ3n) is 3.77. The summed E-state index contributed by atoms with van der Waals surface area (Å²) >= 11 is 0. The summed E-state index contributed by atoms with van der Waals surface area (Å²) in [5, 5.41) is 11.8. The lowest BCUT2D eigenvalue weighted by Crippen LogP contribution is -2.51. The Morgan fingerprint density at radius 2 is 1.94 bits per heavy atom. The number of aliphatic carboxylic acids is 1. The van der Waals surface area contributed by atoms with Gasteiger partial charge in [0.25, 0.3) is 0 Å². The molecule has 0 aromatic carbocycles. The first-order valence-corrected chi connectivity index (χ1v) is 6.95. The Morgan fingerprint density at radius 1 is 1.33 bits per heavy atom. The van der Waals surface area contributed by atoms with Gasteiger partial charge >= 0.3 is 5.97 Å². The molecule has 104 valence electrons. The van der Waals surface area contributed by atoms with Crippen LogP contribution in [0.5, 0.6) is 0 Å². The van der Waals surface area contributed by atoms with Crippen molar-refractivity contribution >= 4 is 11.9 Å². The Balaban J connectivity index is 2.64. The van der Waals surface area contributed by atoms with E-state index in [9.17, 15) is 9.59 Å². The average Bonchev–Trinajstić information content (AvgIpc) is 2.22. The van der Waals surface area contributed by atoms with Crippen LogP contribution in [0, 0.1) is 11.3 Å². The summed E-state index contributed by atoms with van der Waals surface area (Å²) in [4.78, 5) is 23.4. The van der Waals surface area contributed by atoms with E-state index in [-0.39, 0.29) is 11.3 Å². The van der Waals surface area contributed by atoms with Crippen molar-refractivity contribution in [3.63, 3.8) is 0 Å². The molecule has 0 aromatic heterocycles. The lowest BCUT2D eigenvalue weighted by Gasteiger charge is -2.42. The molecule has 1 amide bonds. The minimum absolute atomic E-state index is 0.0525. The van der Waals surface area contributed by atoms with Gasteiger partial charge in [0.2, 0.25) is 5.91 Å². The minimum atomic E-state index is -0.927. The summed E-state index contributed by atoms with van der Waals surface area (Å²) in [6.45, 7) is 6.14. The Bertz CT molecular complexity index is 308. The smallest absolute Gasteiger partial charge is 0.326 e. The molecule has 1 unspecified atom stereocenters. The van der Waals surface area contributed by atoms with Gasteiger partial charge in [0.1, 0.15) is 6.04 Å². The normalized spacial score (nSPS) is 19.1. The molecule has 0 heterocycles. The van der Waals surface area contributed by atoms with E-state index in [1.54, 1.807) is 0 Å². The van der Waals surface area contributed by atoms with Crippen molar-refractivity contribution in [3.05, 3.63) is 0 Å². The molecule has 4 nitrogen and oxygen atoms in total. The molecule has 0 bridgehead atoms. The fourth-order valence-electron chi connectivity index (χ4n) is 2.77. The van der Waals surface area contributed by atoms with Gasteiger partial charge in [-0.05, 0) is 31.6 Å². The first-order chi connectivity index (χ1) is 8.41. The van der Waals surface area contributed by atoms with Gasteiger partial charge in [-0.25, -0.2) is 4.79 Å². The van der Waals surface area contributed by atoms with Gasteiger partial charge < -0.3 is 10.4 Å². The van der Waals surface area contributed by atoms with Crippen LogP contribution in [0.25, 0.3) is 0 Å². The van der Waals surface area contributed by atoms with Crippen molar-refractivity contribution in [2.45, 2.75) is 65.3 Å². The number of amides is 1. The molecule has 1 atom stereocenters. The zero-order valence-corrected chi connectivity index (χ0v) is 11.7. The van der Waals surface area contributed by atoms with Crippen molar-refractivity contribution in [2.24, 2.45) is 11.3 Å². The number of nitrogens with one attached hydrogen (secondary N) is 1.